The van der Waals surface area contributed by atoms with Crippen LogP contribution in [0.2, 0.25) is 0 Å². The van der Waals surface area contributed by atoms with Gasteiger partial charge in [-0.15, -0.1) is 0 Å². The van der Waals surface area contributed by atoms with Crippen LogP contribution in [0.5, 0.6) is 0 Å². The number of aryl methyl sites for hydroxylation is 1. The summed E-state index contributed by atoms with van der Waals surface area (Å²) >= 11 is 5.06. The molecule has 98 valence electrons. The van der Waals surface area contributed by atoms with Gasteiger partial charge in [-0.3, -0.25) is 4.79 Å². The van der Waals surface area contributed by atoms with Crippen molar-refractivity contribution in [3.05, 3.63) is 35.4 Å². The van der Waals surface area contributed by atoms with E-state index in [1.54, 1.807) is 6.07 Å². The molecule has 1 atom stereocenters. The molecule has 1 rings (SSSR count). The number of nitrogens with one attached hydrogen (secondary N) is 1. The van der Waals surface area contributed by atoms with Crippen LogP contribution in [0.1, 0.15) is 36.7 Å². The van der Waals surface area contributed by atoms with Gasteiger partial charge in [0, 0.05) is 5.56 Å². The van der Waals surface area contributed by atoms with Crippen molar-refractivity contribution in [3.63, 3.8) is 0 Å². The molecule has 0 fully saturated rings. The van der Waals surface area contributed by atoms with Gasteiger partial charge in [0.15, 0.2) is 0 Å². The third-order valence-corrected chi connectivity index (χ3v) is 3.74. The molecule has 3 N–H and O–H groups in total. The third-order valence-electron chi connectivity index (χ3n) is 3.32. The van der Waals surface area contributed by atoms with E-state index in [4.69, 9.17) is 18.0 Å². The van der Waals surface area contributed by atoms with E-state index in [0.717, 1.165) is 5.56 Å². The Balaban J connectivity index is 2.96. The Morgan fingerprint density at radius 1 is 1.44 bits per heavy atom. The minimum atomic E-state index is -0.670. The van der Waals surface area contributed by atoms with Crippen molar-refractivity contribution in [2.45, 2.75) is 33.2 Å². The van der Waals surface area contributed by atoms with E-state index in [9.17, 15) is 4.79 Å². The number of amides is 1. The largest absolute Gasteiger partial charge is 0.391 e. The molecule has 0 aromatic heterocycles. The molecule has 0 bridgehead atoms. The smallest absolute Gasteiger partial charge is 0.252 e. The van der Waals surface area contributed by atoms with Crippen LogP contribution >= 0.6 is 12.2 Å². The van der Waals surface area contributed by atoms with Crippen LogP contribution in [-0.4, -0.2) is 16.4 Å². The van der Waals surface area contributed by atoms with Gasteiger partial charge in [-0.05, 0) is 31.9 Å². The summed E-state index contributed by atoms with van der Waals surface area (Å²) in [4.78, 5) is 12.5. The highest BCUT2D eigenvalue weighted by Gasteiger charge is 2.33. The highest BCUT2D eigenvalue weighted by molar-refractivity contribution is 7.80. The summed E-state index contributed by atoms with van der Waals surface area (Å²) < 4.78 is 0. The van der Waals surface area contributed by atoms with Crippen LogP contribution in [0.25, 0.3) is 0 Å². The molecule has 0 heterocycles. The van der Waals surface area contributed by atoms with Crippen molar-refractivity contribution in [1.29, 1.82) is 0 Å². The summed E-state index contributed by atoms with van der Waals surface area (Å²) in [5.41, 5.74) is 6.74. The molecular weight excluding hydrogens is 244 g/mol. The molecule has 0 aliphatic heterocycles. The topological polar surface area (TPSA) is 55.1 Å². The van der Waals surface area contributed by atoms with Gasteiger partial charge in [-0.1, -0.05) is 43.8 Å². The standard InChI is InChI=1S/C14H20N2OS/c1-9(2)14(4,13(15)18)16-12(17)11-7-5-6-10(3)8-11/h5-9H,1-4H3,(H2,15,18)(H,16,17). The second kappa shape index (κ2) is 5.48. The maximum Gasteiger partial charge on any atom is 0.252 e. The molecule has 1 aromatic carbocycles. The average Bonchev–Trinajstić information content (AvgIpc) is 2.28. The summed E-state index contributed by atoms with van der Waals surface area (Å²) in [7, 11) is 0. The molecule has 0 saturated heterocycles. The van der Waals surface area contributed by atoms with Crippen LogP contribution in [-0.2, 0) is 0 Å². The van der Waals surface area contributed by atoms with Crippen LogP contribution in [0, 0.1) is 12.8 Å². The van der Waals surface area contributed by atoms with Gasteiger partial charge in [-0.25, -0.2) is 0 Å². The second-order valence-corrected chi connectivity index (χ2v) is 5.48. The number of nitrogens with two attached hydrogens (primary N) is 1. The number of hydrogen-bond acceptors (Lipinski definition) is 2. The molecule has 1 amide bonds. The normalized spacial score (nSPS) is 14.1. The fourth-order valence-corrected chi connectivity index (χ4v) is 1.87. The minimum Gasteiger partial charge on any atom is -0.391 e. The van der Waals surface area contributed by atoms with E-state index in [1.165, 1.54) is 0 Å². The van der Waals surface area contributed by atoms with E-state index in [0.29, 0.717) is 10.6 Å². The lowest BCUT2D eigenvalue weighted by atomic mass is 9.88. The van der Waals surface area contributed by atoms with Crippen LogP contribution in [0.4, 0.5) is 0 Å². The lowest BCUT2D eigenvalue weighted by Gasteiger charge is -2.33. The molecule has 0 aliphatic rings. The Morgan fingerprint density at radius 3 is 2.50 bits per heavy atom. The molecule has 18 heavy (non-hydrogen) atoms. The lowest BCUT2D eigenvalue weighted by molar-refractivity contribution is 0.0913. The van der Waals surface area contributed by atoms with Crippen molar-refractivity contribution in [3.8, 4) is 0 Å². The quantitative estimate of drug-likeness (QED) is 0.821. The molecule has 0 radical (unpaired) electrons. The third kappa shape index (κ3) is 3.07. The highest BCUT2D eigenvalue weighted by atomic mass is 32.1. The lowest BCUT2D eigenvalue weighted by Crippen LogP contribution is -2.57. The predicted molar refractivity (Wildman–Crippen MR) is 78.7 cm³/mol. The molecule has 1 aromatic rings. The maximum atomic E-state index is 12.2. The fourth-order valence-electron chi connectivity index (χ4n) is 1.58. The van der Waals surface area contributed by atoms with E-state index < -0.39 is 5.54 Å². The Hall–Kier alpha value is -1.42. The van der Waals surface area contributed by atoms with Crippen molar-refractivity contribution in [2.24, 2.45) is 11.7 Å². The number of carbonyl (C=O) groups is 1. The van der Waals surface area contributed by atoms with E-state index in [2.05, 4.69) is 5.32 Å². The second-order valence-electron chi connectivity index (χ2n) is 5.04. The van der Waals surface area contributed by atoms with Gasteiger partial charge in [0.25, 0.3) is 5.91 Å². The zero-order valence-corrected chi connectivity index (χ0v) is 12.1. The highest BCUT2D eigenvalue weighted by Crippen LogP contribution is 2.18. The zero-order valence-electron chi connectivity index (χ0n) is 11.3. The summed E-state index contributed by atoms with van der Waals surface area (Å²) in [6.07, 6.45) is 0. The van der Waals surface area contributed by atoms with Gasteiger partial charge in [0.1, 0.15) is 0 Å². The first kappa shape index (κ1) is 14.6. The van der Waals surface area contributed by atoms with E-state index in [-0.39, 0.29) is 11.8 Å². The van der Waals surface area contributed by atoms with Crippen LogP contribution in [0.3, 0.4) is 0 Å². The predicted octanol–water partition coefficient (Wildman–Crippen LogP) is 2.43. The molecule has 3 nitrogen and oxygen atoms in total. The minimum absolute atomic E-state index is 0.128. The van der Waals surface area contributed by atoms with Gasteiger partial charge >= 0.3 is 0 Å². The summed E-state index contributed by atoms with van der Waals surface area (Å²) in [5, 5.41) is 2.93. The van der Waals surface area contributed by atoms with Gasteiger partial charge < -0.3 is 11.1 Å². The molecular formula is C14H20N2OS. The fraction of sp³-hybridized carbons (Fsp3) is 0.429. The number of rotatable bonds is 4. The molecule has 1 unspecified atom stereocenters. The first-order valence-corrected chi connectivity index (χ1v) is 6.37. The molecule has 0 aliphatic carbocycles. The molecule has 0 saturated carbocycles. The average molecular weight is 264 g/mol. The first-order chi connectivity index (χ1) is 8.27. The monoisotopic (exact) mass is 264 g/mol. The van der Waals surface area contributed by atoms with E-state index >= 15 is 0 Å². The summed E-state index contributed by atoms with van der Waals surface area (Å²) in [6.45, 7) is 7.77. The van der Waals surface area contributed by atoms with E-state index in [1.807, 2.05) is 45.9 Å². The van der Waals surface area contributed by atoms with Crippen molar-refractivity contribution in [1.82, 2.24) is 5.32 Å². The number of thiocarbonyl (C=S) groups is 1. The number of hydrogen-bond donors (Lipinski definition) is 2. The summed E-state index contributed by atoms with van der Waals surface area (Å²) in [5.74, 6) is -0.0218. The molecule has 4 heteroatoms. The maximum absolute atomic E-state index is 12.2. The van der Waals surface area contributed by atoms with Crippen molar-refractivity contribution < 1.29 is 4.79 Å². The Bertz CT molecular complexity index is 471. The zero-order chi connectivity index (χ0) is 13.9. The Labute approximate surface area is 114 Å². The van der Waals surface area contributed by atoms with Crippen molar-refractivity contribution in [2.75, 3.05) is 0 Å². The first-order valence-electron chi connectivity index (χ1n) is 5.96. The number of carbonyl (C=O) groups excluding carboxylic acids is 1. The van der Waals surface area contributed by atoms with Crippen LogP contribution in [0.15, 0.2) is 24.3 Å². The van der Waals surface area contributed by atoms with Crippen molar-refractivity contribution >= 4 is 23.1 Å². The Kier molecular flexibility index (Phi) is 4.46. The van der Waals surface area contributed by atoms with Gasteiger partial charge in [0.05, 0.1) is 10.5 Å². The van der Waals surface area contributed by atoms with Gasteiger partial charge in [0.2, 0.25) is 0 Å². The van der Waals surface area contributed by atoms with Gasteiger partial charge in [-0.2, -0.15) is 0 Å². The van der Waals surface area contributed by atoms with Crippen LogP contribution < -0.4 is 11.1 Å². The summed E-state index contributed by atoms with van der Waals surface area (Å²) in [6, 6.07) is 7.43. The Morgan fingerprint density at radius 2 is 2.06 bits per heavy atom. The SMILES string of the molecule is Cc1cccc(C(=O)NC(C)(C(N)=S)C(C)C)c1. The number of benzene rings is 1. The molecule has 0 spiro atoms.